The third-order valence-electron chi connectivity index (χ3n) is 3.30. The normalized spacial score (nSPS) is 10.6. The van der Waals surface area contributed by atoms with Crippen LogP contribution >= 0.6 is 0 Å². The van der Waals surface area contributed by atoms with Crippen LogP contribution < -0.4 is 5.32 Å². The molecule has 0 atom stereocenters. The second kappa shape index (κ2) is 6.40. The Morgan fingerprint density at radius 3 is 2.68 bits per heavy atom. The summed E-state index contributed by atoms with van der Waals surface area (Å²) in [4.78, 5) is 12.1. The molecule has 3 nitrogen and oxygen atoms in total. The molecule has 0 spiro atoms. The third kappa shape index (κ3) is 4.11. The standard InChI is InChI=1S/C16H21NO2/c1-5-16(3,4)15(19)17-14-9-8-12(2)13(11-14)7-6-10-18/h8-9,11,18H,5,10H2,1-4H3,(H,17,19). The summed E-state index contributed by atoms with van der Waals surface area (Å²) in [5.74, 6) is 5.50. The van der Waals surface area contributed by atoms with E-state index in [-0.39, 0.29) is 17.9 Å². The summed E-state index contributed by atoms with van der Waals surface area (Å²) in [5.41, 5.74) is 2.19. The first-order valence-corrected chi connectivity index (χ1v) is 6.42. The molecule has 0 fully saturated rings. The molecule has 1 aromatic carbocycles. The maximum Gasteiger partial charge on any atom is 0.230 e. The lowest BCUT2D eigenvalue weighted by molar-refractivity contribution is -0.124. The van der Waals surface area contributed by atoms with Crippen molar-refractivity contribution in [2.45, 2.75) is 34.1 Å². The fourth-order valence-corrected chi connectivity index (χ4v) is 1.43. The highest BCUT2D eigenvalue weighted by atomic mass is 16.2. The molecule has 0 heterocycles. The molecule has 3 heteroatoms. The molecule has 0 aromatic heterocycles. The van der Waals surface area contributed by atoms with Gasteiger partial charge in [0, 0.05) is 16.7 Å². The van der Waals surface area contributed by atoms with Gasteiger partial charge < -0.3 is 10.4 Å². The highest BCUT2D eigenvalue weighted by Gasteiger charge is 2.25. The number of carbonyl (C=O) groups excluding carboxylic acids is 1. The van der Waals surface area contributed by atoms with Gasteiger partial charge in [0.2, 0.25) is 5.91 Å². The van der Waals surface area contributed by atoms with Crippen LogP contribution in [0.15, 0.2) is 18.2 Å². The molecule has 0 bridgehead atoms. The largest absolute Gasteiger partial charge is 0.384 e. The van der Waals surface area contributed by atoms with E-state index < -0.39 is 0 Å². The van der Waals surface area contributed by atoms with Crippen LogP contribution in [0.3, 0.4) is 0 Å². The second-order valence-corrected chi connectivity index (χ2v) is 5.18. The van der Waals surface area contributed by atoms with Gasteiger partial charge in [-0.05, 0) is 31.0 Å². The van der Waals surface area contributed by atoms with Crippen molar-refractivity contribution >= 4 is 11.6 Å². The number of hydrogen-bond donors (Lipinski definition) is 2. The monoisotopic (exact) mass is 259 g/mol. The smallest absolute Gasteiger partial charge is 0.230 e. The van der Waals surface area contributed by atoms with E-state index in [9.17, 15) is 4.79 Å². The maximum absolute atomic E-state index is 12.1. The molecular weight excluding hydrogens is 238 g/mol. The van der Waals surface area contributed by atoms with E-state index in [0.29, 0.717) is 0 Å². The number of nitrogens with one attached hydrogen (secondary N) is 1. The van der Waals surface area contributed by atoms with E-state index in [1.807, 2.05) is 45.9 Å². The van der Waals surface area contributed by atoms with E-state index in [2.05, 4.69) is 17.2 Å². The molecule has 2 N–H and O–H groups in total. The minimum absolute atomic E-state index is 0.0000737. The molecule has 0 aliphatic rings. The summed E-state index contributed by atoms with van der Waals surface area (Å²) in [6.07, 6.45) is 0.780. The lowest BCUT2D eigenvalue weighted by atomic mass is 9.89. The van der Waals surface area contributed by atoms with Gasteiger partial charge in [-0.1, -0.05) is 38.7 Å². The SMILES string of the molecule is CCC(C)(C)C(=O)Nc1ccc(C)c(C#CCO)c1. The molecule has 0 saturated carbocycles. The average molecular weight is 259 g/mol. The topological polar surface area (TPSA) is 49.3 Å². The Bertz CT molecular complexity index is 521. The van der Waals surface area contributed by atoms with Crippen molar-refractivity contribution in [1.29, 1.82) is 0 Å². The highest BCUT2D eigenvalue weighted by Crippen LogP contribution is 2.23. The number of carbonyl (C=O) groups is 1. The number of hydrogen-bond acceptors (Lipinski definition) is 2. The molecule has 102 valence electrons. The van der Waals surface area contributed by atoms with Gasteiger partial charge in [-0.2, -0.15) is 0 Å². The van der Waals surface area contributed by atoms with Crippen molar-refractivity contribution in [3.8, 4) is 11.8 Å². The fourth-order valence-electron chi connectivity index (χ4n) is 1.43. The van der Waals surface area contributed by atoms with Gasteiger partial charge in [-0.3, -0.25) is 4.79 Å². The summed E-state index contributed by atoms with van der Waals surface area (Å²) in [7, 11) is 0. The van der Waals surface area contributed by atoms with E-state index in [0.717, 1.165) is 23.2 Å². The average Bonchev–Trinajstić information content (AvgIpc) is 2.39. The van der Waals surface area contributed by atoms with Gasteiger partial charge in [0.25, 0.3) is 0 Å². The lowest BCUT2D eigenvalue weighted by Gasteiger charge is -2.21. The number of aliphatic hydroxyl groups is 1. The van der Waals surface area contributed by atoms with Crippen LogP contribution in [0.1, 0.15) is 38.3 Å². The number of benzene rings is 1. The predicted molar refractivity (Wildman–Crippen MR) is 77.8 cm³/mol. The van der Waals surface area contributed by atoms with Crippen LogP contribution in [0, 0.1) is 24.2 Å². The zero-order chi connectivity index (χ0) is 14.5. The van der Waals surface area contributed by atoms with Gasteiger partial charge in [0.1, 0.15) is 6.61 Å². The van der Waals surface area contributed by atoms with Gasteiger partial charge >= 0.3 is 0 Å². The molecule has 0 aliphatic carbocycles. The molecule has 1 aromatic rings. The summed E-state index contributed by atoms with van der Waals surface area (Å²) < 4.78 is 0. The van der Waals surface area contributed by atoms with Crippen molar-refractivity contribution < 1.29 is 9.90 Å². The molecule has 0 unspecified atom stereocenters. The van der Waals surface area contributed by atoms with Gasteiger partial charge in [0.05, 0.1) is 0 Å². The molecule has 0 aliphatic heterocycles. The van der Waals surface area contributed by atoms with Crippen LogP contribution in [0.2, 0.25) is 0 Å². The number of rotatable bonds is 3. The van der Waals surface area contributed by atoms with Crippen molar-refractivity contribution in [2.24, 2.45) is 5.41 Å². The van der Waals surface area contributed by atoms with Crippen LogP contribution in [0.25, 0.3) is 0 Å². The van der Waals surface area contributed by atoms with E-state index in [4.69, 9.17) is 5.11 Å². The minimum atomic E-state index is -0.387. The first-order chi connectivity index (χ1) is 8.90. The Morgan fingerprint density at radius 2 is 2.11 bits per heavy atom. The highest BCUT2D eigenvalue weighted by molar-refractivity contribution is 5.94. The molecule has 19 heavy (non-hydrogen) atoms. The second-order valence-electron chi connectivity index (χ2n) is 5.18. The fraction of sp³-hybridized carbons (Fsp3) is 0.438. The summed E-state index contributed by atoms with van der Waals surface area (Å²) in [6.45, 7) is 7.61. The first-order valence-electron chi connectivity index (χ1n) is 6.42. The molecule has 0 saturated heterocycles. The summed E-state index contributed by atoms with van der Waals surface area (Å²) in [6, 6.07) is 5.61. The van der Waals surface area contributed by atoms with Crippen molar-refractivity contribution in [2.75, 3.05) is 11.9 Å². The Morgan fingerprint density at radius 1 is 1.42 bits per heavy atom. The maximum atomic E-state index is 12.1. The van der Waals surface area contributed by atoms with Crippen molar-refractivity contribution in [3.63, 3.8) is 0 Å². The Balaban J connectivity index is 2.95. The van der Waals surface area contributed by atoms with Gasteiger partial charge in [-0.25, -0.2) is 0 Å². The quantitative estimate of drug-likeness (QED) is 0.820. The minimum Gasteiger partial charge on any atom is -0.384 e. The van der Waals surface area contributed by atoms with Gasteiger partial charge in [-0.15, -0.1) is 0 Å². The zero-order valence-corrected chi connectivity index (χ0v) is 12.0. The molecule has 0 radical (unpaired) electrons. The van der Waals surface area contributed by atoms with Crippen LogP contribution in [0.5, 0.6) is 0 Å². The number of aryl methyl sites for hydroxylation is 1. The Hall–Kier alpha value is -1.79. The number of aliphatic hydroxyl groups excluding tert-OH is 1. The summed E-state index contributed by atoms with van der Waals surface area (Å²) in [5, 5.41) is 11.6. The third-order valence-corrected chi connectivity index (χ3v) is 3.30. The van der Waals surface area contributed by atoms with E-state index in [1.54, 1.807) is 0 Å². The molecule has 1 rings (SSSR count). The van der Waals surface area contributed by atoms with Crippen molar-refractivity contribution in [1.82, 2.24) is 0 Å². The summed E-state index contributed by atoms with van der Waals surface area (Å²) >= 11 is 0. The van der Waals surface area contributed by atoms with E-state index >= 15 is 0 Å². The Labute approximate surface area is 115 Å². The van der Waals surface area contributed by atoms with Gasteiger partial charge in [0.15, 0.2) is 0 Å². The van der Waals surface area contributed by atoms with Crippen molar-refractivity contribution in [3.05, 3.63) is 29.3 Å². The zero-order valence-electron chi connectivity index (χ0n) is 12.0. The molecule has 1 amide bonds. The number of amides is 1. The Kier molecular flexibility index (Phi) is 5.14. The van der Waals surface area contributed by atoms with Crippen LogP contribution in [0.4, 0.5) is 5.69 Å². The first kappa shape index (κ1) is 15.3. The number of anilines is 1. The van der Waals surface area contributed by atoms with E-state index in [1.165, 1.54) is 0 Å². The predicted octanol–water partition coefficient (Wildman–Crippen LogP) is 2.71. The van der Waals surface area contributed by atoms with Crippen LogP contribution in [-0.2, 0) is 4.79 Å². The molecular formula is C16H21NO2. The van der Waals surface area contributed by atoms with Crippen LogP contribution in [-0.4, -0.2) is 17.6 Å². The lowest BCUT2D eigenvalue weighted by Crippen LogP contribution is -2.30.